The maximum atomic E-state index is 6.70. The van der Waals surface area contributed by atoms with E-state index in [4.69, 9.17) is 16.2 Å². The molecule has 2 aromatic heterocycles. The van der Waals surface area contributed by atoms with Gasteiger partial charge in [-0.2, -0.15) is 6.42 Å². The van der Waals surface area contributed by atoms with Crippen LogP contribution < -0.4 is 24.4 Å². The average Bonchev–Trinajstić information content (AvgIpc) is 3.75. The van der Waals surface area contributed by atoms with Gasteiger partial charge in [0.05, 0.1) is 28.4 Å². The van der Waals surface area contributed by atoms with Gasteiger partial charge in [0, 0.05) is 14.1 Å². The molecule has 0 atom stereocenters. The first-order valence-electron chi connectivity index (χ1n) is 20.8. The number of nitrogens with zero attached hydrogens (tertiary/aromatic N) is 4. The van der Waals surface area contributed by atoms with E-state index in [2.05, 4.69) is 60.8 Å². The Balaban J connectivity index is 0.000000178. The van der Waals surface area contributed by atoms with Gasteiger partial charge < -0.3 is 16.1 Å². The van der Waals surface area contributed by atoms with Crippen molar-refractivity contribution in [1.82, 2.24) is 19.1 Å². The molecule has 0 amide bonds. The number of aromatic nitrogens is 4. The summed E-state index contributed by atoms with van der Waals surface area (Å²) in [5, 5.41) is 0. The van der Waals surface area contributed by atoms with Gasteiger partial charge in [0.1, 0.15) is 5.57 Å². The number of rotatable bonds is 6. The number of unbranched alkanes of at least 4 members (excludes halogenated alkanes) is 1. The Labute approximate surface area is 336 Å². The van der Waals surface area contributed by atoms with Crippen LogP contribution >= 0.6 is 26.4 Å². The standard InChI is InChI=1S/C20H29N2P.C12H22ClP.C8H8N2.C4H9.Li/c1-22-19-15-9-8-14-18(19)21-20(22)23(16-10-4-2-5-11-16)17-12-6-3-7-13-17;13-14(11-7-3-1-4-8-11)12-9-5-2-6-10-12;1-10-6-9-7-4-2-3-5-8(7)10;1-3-4-2;/h8-9,14-17H,2-7,10-13H2,1H3;11-12H,1-10H2;2-6H,1H3;1,3-4H2,2H3;/q;;;-1;+1. The predicted octanol–water partition coefficient (Wildman–Crippen LogP) is 10.8. The van der Waals surface area contributed by atoms with Gasteiger partial charge >= 0.3 is 18.9 Å². The van der Waals surface area contributed by atoms with E-state index >= 15 is 0 Å². The summed E-state index contributed by atoms with van der Waals surface area (Å²) in [5.41, 5.74) is 9.90. The van der Waals surface area contributed by atoms with Crippen LogP contribution in [0.3, 0.4) is 0 Å². The van der Waals surface area contributed by atoms with Crippen molar-refractivity contribution in [1.29, 1.82) is 0 Å². The van der Waals surface area contributed by atoms with E-state index in [0.717, 1.165) is 34.6 Å². The van der Waals surface area contributed by atoms with Gasteiger partial charge in [-0.3, -0.25) is 0 Å². The van der Waals surface area contributed by atoms with Gasteiger partial charge in [0.2, 0.25) is 0 Å². The van der Waals surface area contributed by atoms with Crippen LogP contribution in [0.4, 0.5) is 0 Å². The quantitative estimate of drug-likeness (QED) is 0.112. The van der Waals surface area contributed by atoms with Crippen LogP contribution in [0.1, 0.15) is 148 Å². The molecule has 4 aromatic rings. The molecule has 0 aliphatic heterocycles. The Bertz CT molecular complexity index is 1500. The van der Waals surface area contributed by atoms with Crippen LogP contribution in [-0.4, -0.2) is 41.7 Å². The Morgan fingerprint density at radius 2 is 1.04 bits per heavy atom. The molecule has 0 radical (unpaired) electrons. The molecule has 4 fully saturated rings. The molecular formula is C44H68ClLiN4P2. The van der Waals surface area contributed by atoms with E-state index in [1.165, 1.54) is 157 Å². The number of para-hydroxylation sites is 4. The van der Waals surface area contributed by atoms with Crippen molar-refractivity contribution in [3.63, 3.8) is 0 Å². The molecule has 0 N–H and O–H groups in total. The van der Waals surface area contributed by atoms with Crippen molar-refractivity contribution in [3.8, 4) is 0 Å². The average molecular weight is 757 g/mol. The van der Waals surface area contributed by atoms with Gasteiger partial charge in [-0.15, -0.1) is 0 Å². The molecule has 8 rings (SSSR count). The van der Waals surface area contributed by atoms with E-state index < -0.39 is 0 Å². The fourth-order valence-corrected chi connectivity index (χ4v) is 16.0. The zero-order chi connectivity index (χ0) is 35.8. The first-order chi connectivity index (χ1) is 25.0. The second-order valence-electron chi connectivity index (χ2n) is 15.6. The molecule has 0 saturated heterocycles. The fourth-order valence-electron chi connectivity index (χ4n) is 8.74. The number of aryl methyl sites for hydroxylation is 2. The molecule has 2 heterocycles. The molecule has 4 aliphatic rings. The van der Waals surface area contributed by atoms with Gasteiger partial charge in [-0.05, 0) is 113 Å². The smallest absolute Gasteiger partial charge is 0.343 e. The van der Waals surface area contributed by atoms with E-state index in [-0.39, 0.29) is 34.1 Å². The first kappa shape index (κ1) is 43.9. The molecule has 0 unspecified atom stereocenters. The molecule has 4 nitrogen and oxygen atoms in total. The van der Waals surface area contributed by atoms with Crippen LogP contribution in [0.15, 0.2) is 54.9 Å². The van der Waals surface area contributed by atoms with Crippen LogP contribution in [0.5, 0.6) is 0 Å². The van der Waals surface area contributed by atoms with Crippen molar-refractivity contribution < 1.29 is 18.9 Å². The maximum absolute atomic E-state index is 6.70. The number of hydrogen-bond acceptors (Lipinski definition) is 2. The number of fused-ring (bicyclic) bond motifs is 2. The Morgan fingerprint density at radius 1 is 0.635 bits per heavy atom. The second-order valence-corrected chi connectivity index (χ2v) is 21.6. The molecular weight excluding hydrogens is 689 g/mol. The molecule has 282 valence electrons. The summed E-state index contributed by atoms with van der Waals surface area (Å²) in [6.07, 6.45) is 33.0. The topological polar surface area (TPSA) is 35.6 Å². The Kier molecular flexibility index (Phi) is 20.2. The van der Waals surface area contributed by atoms with Crippen LogP contribution in [0.25, 0.3) is 22.1 Å². The van der Waals surface area contributed by atoms with Crippen LogP contribution in [0.2, 0.25) is 0 Å². The van der Waals surface area contributed by atoms with Crippen LogP contribution in [-0.2, 0) is 14.1 Å². The first-order valence-corrected chi connectivity index (χ1v) is 24.7. The number of benzene rings is 2. The molecule has 4 aliphatic carbocycles. The molecule has 8 heteroatoms. The third-order valence-corrected chi connectivity index (χ3v) is 19.3. The summed E-state index contributed by atoms with van der Waals surface area (Å²) in [5.74, 6) is 0. The van der Waals surface area contributed by atoms with Crippen molar-refractivity contribution in [2.75, 3.05) is 0 Å². The normalized spacial score (nSPS) is 19.3. The molecule has 0 spiro atoms. The third-order valence-electron chi connectivity index (χ3n) is 11.8. The molecule has 52 heavy (non-hydrogen) atoms. The van der Waals surface area contributed by atoms with Gasteiger partial charge in [-0.25, -0.2) is 9.97 Å². The van der Waals surface area contributed by atoms with E-state index in [0.29, 0.717) is 0 Å². The Hall–Kier alpha value is -0.873. The predicted molar refractivity (Wildman–Crippen MR) is 229 cm³/mol. The van der Waals surface area contributed by atoms with Crippen molar-refractivity contribution in [3.05, 3.63) is 61.8 Å². The largest absolute Gasteiger partial charge is 1.00 e. The molecule has 2 aromatic carbocycles. The molecule has 4 saturated carbocycles. The minimum Gasteiger partial charge on any atom is -0.343 e. The number of hydrogen-bond donors (Lipinski definition) is 0. The van der Waals surface area contributed by atoms with Crippen molar-refractivity contribution >= 4 is 54.1 Å². The summed E-state index contributed by atoms with van der Waals surface area (Å²) in [6.45, 7) is 5.72. The van der Waals surface area contributed by atoms with Crippen molar-refractivity contribution in [2.24, 2.45) is 14.1 Å². The maximum Gasteiger partial charge on any atom is 1.00 e. The van der Waals surface area contributed by atoms with E-state index in [1.54, 1.807) is 0 Å². The monoisotopic (exact) mass is 756 g/mol. The summed E-state index contributed by atoms with van der Waals surface area (Å²) in [6, 6.07) is 16.8. The third kappa shape index (κ3) is 12.6. The van der Waals surface area contributed by atoms with E-state index in [9.17, 15) is 0 Å². The SMILES string of the molecule is ClP(C1CCCCC1)C1CCCCC1.Cn1c(P(C2CCCCC2)C2CCCCC2)nc2ccccc21.Cn1cnc2ccccc21.[CH2-]CCC.[Li+]. The second kappa shape index (κ2) is 23.9. The summed E-state index contributed by atoms with van der Waals surface area (Å²) in [7, 11) is 4.00. The molecule has 0 bridgehead atoms. The minimum absolute atomic E-state index is 0. The summed E-state index contributed by atoms with van der Waals surface area (Å²) < 4.78 is 4.44. The minimum atomic E-state index is -0.145. The zero-order valence-electron chi connectivity index (χ0n) is 33.3. The fraction of sp³-hybridized carbons (Fsp3) is 0.659. The number of halogens is 1. The van der Waals surface area contributed by atoms with E-state index in [1.807, 2.05) is 36.1 Å². The summed E-state index contributed by atoms with van der Waals surface area (Å²) >= 11 is 6.70. The van der Waals surface area contributed by atoms with Gasteiger partial charge in [0.25, 0.3) is 0 Å². The van der Waals surface area contributed by atoms with Gasteiger partial charge in [-0.1, -0.05) is 126 Å². The number of imidazole rings is 2. The van der Waals surface area contributed by atoms with Crippen LogP contribution in [0, 0.1) is 6.92 Å². The summed E-state index contributed by atoms with van der Waals surface area (Å²) in [4.78, 5) is 9.34. The Morgan fingerprint density at radius 3 is 1.46 bits per heavy atom. The van der Waals surface area contributed by atoms with Crippen molar-refractivity contribution in [2.45, 2.75) is 171 Å². The van der Waals surface area contributed by atoms with Gasteiger partial charge in [0.15, 0.2) is 0 Å². The zero-order valence-corrected chi connectivity index (χ0v) is 35.9.